The molecule has 0 heterocycles. The zero-order chi connectivity index (χ0) is 22.9. The fourth-order valence-corrected chi connectivity index (χ4v) is 2.98. The predicted molar refractivity (Wildman–Crippen MR) is 127 cm³/mol. The SMILES string of the molecule is COc1cc(C(=O)NC(=S)Nc2ccc(N=Nc3ccccc3)cc2)cc(OC)c1OC. The van der Waals surface area contributed by atoms with Crippen LogP contribution in [0.15, 0.2) is 77.0 Å². The fraction of sp³-hybridized carbons (Fsp3) is 0.130. The van der Waals surface area contributed by atoms with Gasteiger partial charge in [0.2, 0.25) is 5.75 Å². The van der Waals surface area contributed by atoms with Gasteiger partial charge in [0.25, 0.3) is 5.91 Å². The van der Waals surface area contributed by atoms with E-state index < -0.39 is 5.91 Å². The molecule has 0 saturated heterocycles. The molecule has 0 fully saturated rings. The number of carbonyl (C=O) groups is 1. The van der Waals surface area contributed by atoms with E-state index in [1.165, 1.54) is 21.3 Å². The van der Waals surface area contributed by atoms with Crippen molar-refractivity contribution < 1.29 is 19.0 Å². The second-order valence-corrected chi connectivity index (χ2v) is 6.81. The summed E-state index contributed by atoms with van der Waals surface area (Å²) < 4.78 is 15.8. The molecule has 0 bridgehead atoms. The van der Waals surface area contributed by atoms with Crippen LogP contribution in [0.4, 0.5) is 17.1 Å². The van der Waals surface area contributed by atoms with E-state index in [0.29, 0.717) is 34.2 Å². The molecule has 0 aliphatic rings. The largest absolute Gasteiger partial charge is 0.493 e. The van der Waals surface area contributed by atoms with Crippen LogP contribution in [0, 0.1) is 0 Å². The molecule has 0 aliphatic heterocycles. The molecular formula is C23H22N4O4S. The van der Waals surface area contributed by atoms with Gasteiger partial charge in [0.1, 0.15) is 0 Å². The smallest absolute Gasteiger partial charge is 0.257 e. The van der Waals surface area contributed by atoms with Crippen LogP contribution in [0.2, 0.25) is 0 Å². The Morgan fingerprint density at radius 1 is 0.812 bits per heavy atom. The third-order valence-corrected chi connectivity index (χ3v) is 4.52. The third kappa shape index (κ3) is 5.79. The Balaban J connectivity index is 1.63. The number of carbonyl (C=O) groups excluding carboxylic acids is 1. The highest BCUT2D eigenvalue weighted by molar-refractivity contribution is 7.80. The number of thiocarbonyl (C=S) groups is 1. The number of hydrogen-bond acceptors (Lipinski definition) is 7. The summed E-state index contributed by atoms with van der Waals surface area (Å²) >= 11 is 5.26. The average molecular weight is 451 g/mol. The van der Waals surface area contributed by atoms with E-state index in [0.717, 1.165) is 5.69 Å². The molecule has 164 valence electrons. The normalized spacial score (nSPS) is 10.5. The average Bonchev–Trinajstić information content (AvgIpc) is 2.83. The van der Waals surface area contributed by atoms with Gasteiger partial charge in [-0.05, 0) is 60.7 Å². The highest BCUT2D eigenvalue weighted by atomic mass is 32.1. The third-order valence-electron chi connectivity index (χ3n) is 4.32. The number of hydrogen-bond donors (Lipinski definition) is 2. The highest BCUT2D eigenvalue weighted by Crippen LogP contribution is 2.38. The van der Waals surface area contributed by atoms with Crippen LogP contribution >= 0.6 is 12.2 Å². The van der Waals surface area contributed by atoms with Crippen molar-refractivity contribution >= 4 is 40.3 Å². The minimum Gasteiger partial charge on any atom is -0.493 e. The maximum absolute atomic E-state index is 12.6. The fourth-order valence-electron chi connectivity index (χ4n) is 2.77. The van der Waals surface area contributed by atoms with E-state index in [1.807, 2.05) is 30.3 Å². The summed E-state index contributed by atoms with van der Waals surface area (Å²) in [5.41, 5.74) is 2.45. The van der Waals surface area contributed by atoms with E-state index in [1.54, 1.807) is 36.4 Å². The lowest BCUT2D eigenvalue weighted by Gasteiger charge is -2.14. The van der Waals surface area contributed by atoms with Gasteiger partial charge in [0, 0.05) is 11.3 Å². The van der Waals surface area contributed by atoms with Gasteiger partial charge >= 0.3 is 0 Å². The molecule has 0 saturated carbocycles. The number of nitrogens with one attached hydrogen (secondary N) is 2. The Morgan fingerprint density at radius 3 is 1.91 bits per heavy atom. The topological polar surface area (TPSA) is 93.5 Å². The first-order valence-corrected chi connectivity index (χ1v) is 9.94. The van der Waals surface area contributed by atoms with Crippen molar-refractivity contribution in [2.45, 2.75) is 0 Å². The van der Waals surface area contributed by atoms with Crippen LogP contribution in [-0.4, -0.2) is 32.3 Å². The van der Waals surface area contributed by atoms with Gasteiger partial charge in [-0.15, -0.1) is 0 Å². The summed E-state index contributed by atoms with van der Waals surface area (Å²) in [6.45, 7) is 0. The van der Waals surface area contributed by atoms with Crippen molar-refractivity contribution in [3.8, 4) is 17.2 Å². The number of azo groups is 1. The molecule has 0 aliphatic carbocycles. The number of benzene rings is 3. The Morgan fingerprint density at radius 2 is 1.38 bits per heavy atom. The maximum Gasteiger partial charge on any atom is 0.257 e. The van der Waals surface area contributed by atoms with Crippen molar-refractivity contribution in [1.82, 2.24) is 5.32 Å². The van der Waals surface area contributed by atoms with Crippen molar-refractivity contribution in [3.63, 3.8) is 0 Å². The van der Waals surface area contributed by atoms with Crippen molar-refractivity contribution in [2.24, 2.45) is 10.2 Å². The second-order valence-electron chi connectivity index (χ2n) is 6.40. The number of methoxy groups -OCH3 is 3. The molecule has 3 rings (SSSR count). The summed E-state index contributed by atoms with van der Waals surface area (Å²) in [6.07, 6.45) is 0. The molecule has 3 aromatic carbocycles. The first-order chi connectivity index (χ1) is 15.5. The monoisotopic (exact) mass is 450 g/mol. The van der Waals surface area contributed by atoms with Crippen LogP contribution in [0.5, 0.6) is 17.2 Å². The van der Waals surface area contributed by atoms with Crippen LogP contribution in [-0.2, 0) is 0 Å². The minimum atomic E-state index is -0.421. The number of nitrogens with zero attached hydrogens (tertiary/aromatic N) is 2. The van der Waals surface area contributed by atoms with Crippen LogP contribution in [0.1, 0.15) is 10.4 Å². The molecule has 0 atom stereocenters. The lowest BCUT2D eigenvalue weighted by Crippen LogP contribution is -2.34. The molecule has 0 spiro atoms. The predicted octanol–water partition coefficient (Wildman–Crippen LogP) is 5.25. The maximum atomic E-state index is 12.6. The molecule has 0 unspecified atom stereocenters. The van der Waals surface area contributed by atoms with Crippen LogP contribution in [0.25, 0.3) is 0 Å². The molecule has 0 aromatic heterocycles. The molecule has 3 aromatic rings. The number of amides is 1. The van der Waals surface area contributed by atoms with Crippen LogP contribution < -0.4 is 24.8 Å². The first-order valence-electron chi connectivity index (χ1n) is 9.53. The molecule has 32 heavy (non-hydrogen) atoms. The quantitative estimate of drug-likeness (QED) is 0.377. The minimum absolute atomic E-state index is 0.141. The molecule has 2 N–H and O–H groups in total. The standard InChI is InChI=1S/C23H22N4O4S/c1-29-19-13-15(14-20(30-2)21(19)31-3)22(28)25-23(32)24-16-9-11-18(12-10-16)27-26-17-7-5-4-6-8-17/h4-14H,1-3H3,(H2,24,25,28,32). The second kappa shape index (κ2) is 10.9. The van der Waals surface area contributed by atoms with Gasteiger partial charge in [-0.3, -0.25) is 10.1 Å². The lowest BCUT2D eigenvalue weighted by atomic mass is 10.1. The van der Waals surface area contributed by atoms with Gasteiger partial charge in [-0.2, -0.15) is 10.2 Å². The molecule has 0 radical (unpaired) electrons. The number of anilines is 1. The van der Waals surface area contributed by atoms with Crippen molar-refractivity contribution in [3.05, 3.63) is 72.3 Å². The Hall–Kier alpha value is -3.98. The van der Waals surface area contributed by atoms with Gasteiger partial charge in [0.05, 0.1) is 32.7 Å². The molecular weight excluding hydrogens is 428 g/mol. The summed E-state index contributed by atoms with van der Waals surface area (Å²) in [7, 11) is 4.45. The summed E-state index contributed by atoms with van der Waals surface area (Å²) in [5, 5.41) is 14.1. The Kier molecular flexibility index (Phi) is 7.71. The summed E-state index contributed by atoms with van der Waals surface area (Å²) in [4.78, 5) is 12.6. The lowest BCUT2D eigenvalue weighted by molar-refractivity contribution is 0.0977. The van der Waals surface area contributed by atoms with Gasteiger partial charge < -0.3 is 19.5 Å². The van der Waals surface area contributed by atoms with E-state index in [9.17, 15) is 4.79 Å². The Labute approximate surface area is 191 Å². The van der Waals surface area contributed by atoms with Crippen molar-refractivity contribution in [2.75, 3.05) is 26.6 Å². The highest BCUT2D eigenvalue weighted by Gasteiger charge is 2.17. The van der Waals surface area contributed by atoms with Crippen molar-refractivity contribution in [1.29, 1.82) is 0 Å². The summed E-state index contributed by atoms with van der Waals surface area (Å²) in [6, 6.07) is 19.7. The number of ether oxygens (including phenoxy) is 3. The van der Waals surface area contributed by atoms with Gasteiger partial charge in [0.15, 0.2) is 16.6 Å². The Bertz CT molecular complexity index is 1090. The van der Waals surface area contributed by atoms with E-state index >= 15 is 0 Å². The van der Waals surface area contributed by atoms with Gasteiger partial charge in [-0.1, -0.05) is 18.2 Å². The summed E-state index contributed by atoms with van der Waals surface area (Å²) in [5.74, 6) is 0.721. The molecule has 1 amide bonds. The number of rotatable bonds is 7. The van der Waals surface area contributed by atoms with E-state index in [2.05, 4.69) is 20.9 Å². The van der Waals surface area contributed by atoms with Crippen LogP contribution in [0.3, 0.4) is 0 Å². The molecule has 9 heteroatoms. The van der Waals surface area contributed by atoms with E-state index in [4.69, 9.17) is 26.4 Å². The molecule has 8 nitrogen and oxygen atoms in total. The zero-order valence-electron chi connectivity index (χ0n) is 17.8. The van der Waals surface area contributed by atoms with E-state index in [-0.39, 0.29) is 5.11 Å². The first kappa shape index (κ1) is 22.7. The zero-order valence-corrected chi connectivity index (χ0v) is 18.6. The van der Waals surface area contributed by atoms with Gasteiger partial charge in [-0.25, -0.2) is 0 Å².